The van der Waals surface area contributed by atoms with Crippen LogP contribution in [0.3, 0.4) is 0 Å². The monoisotopic (exact) mass is 705 g/mol. The zero-order valence-electron chi connectivity index (χ0n) is 27.4. The molecule has 4 aromatic carbocycles. The first-order valence-electron chi connectivity index (χ1n) is 16.5. The molecule has 0 aromatic heterocycles. The van der Waals surface area contributed by atoms with Crippen LogP contribution in [-0.2, 0) is 32.6 Å². The third-order valence-electron chi connectivity index (χ3n) is 8.61. The number of carbonyl (C=O) groups is 2. The number of nitrogens with one attached hydrogen (secondary N) is 1. The minimum absolute atomic E-state index is 0.0113. The smallest absolute Gasteiger partial charge is 0.264 e. The summed E-state index contributed by atoms with van der Waals surface area (Å²) in [7, 11) is -4.34. The molecule has 0 heterocycles. The number of anilines is 1. The van der Waals surface area contributed by atoms with Gasteiger partial charge in [0.15, 0.2) is 0 Å². The second kappa shape index (κ2) is 16.8. The summed E-state index contributed by atoms with van der Waals surface area (Å²) in [5.41, 5.74) is 1.66. The fraction of sp³-hybridized carbons (Fsp3) is 0.316. The van der Waals surface area contributed by atoms with Crippen LogP contribution in [0.2, 0.25) is 5.02 Å². The number of hydrogen-bond donors (Lipinski definition) is 1. The second-order valence-corrected chi connectivity index (χ2v) is 14.4. The van der Waals surface area contributed by atoms with Gasteiger partial charge in [0.25, 0.3) is 10.0 Å². The van der Waals surface area contributed by atoms with Crippen molar-refractivity contribution in [1.82, 2.24) is 10.2 Å². The number of hydrogen-bond acceptors (Lipinski definition) is 5. The summed E-state index contributed by atoms with van der Waals surface area (Å²) >= 11 is 6.17. The lowest BCUT2D eigenvalue weighted by molar-refractivity contribution is -0.140. The molecule has 1 aliphatic rings. The molecule has 49 heavy (non-hydrogen) atoms. The van der Waals surface area contributed by atoms with Crippen LogP contribution in [0, 0.1) is 5.82 Å². The maximum absolute atomic E-state index is 14.6. The lowest BCUT2D eigenvalue weighted by Crippen LogP contribution is -2.55. The van der Waals surface area contributed by atoms with Gasteiger partial charge in [0.1, 0.15) is 24.2 Å². The number of benzene rings is 4. The molecule has 1 aliphatic carbocycles. The number of carbonyl (C=O) groups excluding carboxylic acids is 2. The molecule has 0 unspecified atom stereocenters. The zero-order valence-corrected chi connectivity index (χ0v) is 29.0. The van der Waals surface area contributed by atoms with Gasteiger partial charge in [-0.1, -0.05) is 73.3 Å². The number of sulfonamides is 1. The van der Waals surface area contributed by atoms with Crippen molar-refractivity contribution in [2.45, 2.75) is 69.0 Å². The Morgan fingerprint density at radius 1 is 0.878 bits per heavy atom. The Kier molecular flexibility index (Phi) is 12.3. The van der Waals surface area contributed by atoms with Crippen LogP contribution in [0.15, 0.2) is 108 Å². The van der Waals surface area contributed by atoms with E-state index in [9.17, 15) is 22.4 Å². The number of nitrogens with zero attached hydrogens (tertiary/aromatic N) is 2. The molecule has 0 aliphatic heterocycles. The third kappa shape index (κ3) is 9.61. The molecular formula is C38H41ClFN3O5S. The molecular weight excluding hydrogens is 665 g/mol. The van der Waals surface area contributed by atoms with Crippen LogP contribution in [0.5, 0.6) is 5.75 Å². The highest BCUT2D eigenvalue weighted by Gasteiger charge is 2.35. The summed E-state index contributed by atoms with van der Waals surface area (Å²) in [6.07, 6.45) is 5.06. The molecule has 11 heteroatoms. The van der Waals surface area contributed by atoms with Gasteiger partial charge in [-0.3, -0.25) is 13.9 Å². The lowest BCUT2D eigenvalue weighted by atomic mass is 9.94. The van der Waals surface area contributed by atoms with E-state index in [2.05, 4.69) is 5.32 Å². The maximum atomic E-state index is 14.6. The third-order valence-corrected chi connectivity index (χ3v) is 10.6. The topological polar surface area (TPSA) is 96.0 Å². The molecule has 1 N–H and O–H groups in total. The summed E-state index contributed by atoms with van der Waals surface area (Å²) in [5, 5.41) is 3.71. The Balaban J connectivity index is 1.55. The van der Waals surface area contributed by atoms with Gasteiger partial charge < -0.3 is 15.0 Å². The summed E-state index contributed by atoms with van der Waals surface area (Å²) < 4.78 is 48.9. The number of amides is 2. The van der Waals surface area contributed by atoms with Gasteiger partial charge in [-0.2, -0.15) is 0 Å². The summed E-state index contributed by atoms with van der Waals surface area (Å²) in [6.45, 7) is 1.61. The normalized spacial score (nSPS) is 14.1. The summed E-state index contributed by atoms with van der Waals surface area (Å²) in [4.78, 5) is 30.2. The van der Waals surface area contributed by atoms with Crippen molar-refractivity contribution in [2.75, 3.05) is 17.5 Å². The first-order valence-corrected chi connectivity index (χ1v) is 18.3. The van der Waals surface area contributed by atoms with Gasteiger partial charge in [0, 0.05) is 24.0 Å². The number of halogens is 2. The summed E-state index contributed by atoms with van der Waals surface area (Å²) in [5.74, 6) is -0.970. The molecule has 4 aromatic rings. The van der Waals surface area contributed by atoms with Gasteiger partial charge in [0.2, 0.25) is 11.8 Å². The van der Waals surface area contributed by atoms with E-state index in [-0.39, 0.29) is 35.5 Å². The average Bonchev–Trinajstić information content (AvgIpc) is 3.11. The predicted molar refractivity (Wildman–Crippen MR) is 189 cm³/mol. The molecule has 0 saturated heterocycles. The number of ether oxygens (including phenoxy) is 1. The van der Waals surface area contributed by atoms with E-state index in [1.54, 1.807) is 36.4 Å². The second-order valence-electron chi connectivity index (χ2n) is 12.1. The molecule has 0 spiro atoms. The van der Waals surface area contributed by atoms with Gasteiger partial charge in [-0.25, -0.2) is 12.8 Å². The Morgan fingerprint density at radius 2 is 1.53 bits per heavy atom. The fourth-order valence-electron chi connectivity index (χ4n) is 6.02. The Bertz CT molecular complexity index is 1780. The largest absolute Gasteiger partial charge is 0.494 e. The van der Waals surface area contributed by atoms with Crippen molar-refractivity contribution >= 4 is 39.1 Å². The van der Waals surface area contributed by atoms with Crippen molar-refractivity contribution in [1.29, 1.82) is 0 Å². The average molecular weight is 706 g/mol. The van der Waals surface area contributed by atoms with Crippen LogP contribution < -0.4 is 14.4 Å². The SMILES string of the molecule is CCOc1ccc(S(=O)(=O)N(CC(=O)N(Cc2ccc(Cl)cc2)[C@H](Cc2ccccc2)C(=O)NC2CCCCC2)c2ccc(F)cc2)cc1. The van der Waals surface area contributed by atoms with Crippen molar-refractivity contribution in [3.8, 4) is 5.75 Å². The van der Waals surface area contributed by atoms with Gasteiger partial charge in [-0.15, -0.1) is 0 Å². The minimum Gasteiger partial charge on any atom is -0.494 e. The van der Waals surface area contributed by atoms with Crippen LogP contribution in [0.4, 0.5) is 10.1 Å². The van der Waals surface area contributed by atoms with E-state index in [1.807, 2.05) is 37.3 Å². The molecule has 1 fully saturated rings. The lowest BCUT2D eigenvalue weighted by Gasteiger charge is -2.35. The first-order chi connectivity index (χ1) is 23.6. The van der Waals surface area contributed by atoms with Crippen molar-refractivity contribution < 1.29 is 27.1 Å². The van der Waals surface area contributed by atoms with Crippen LogP contribution in [-0.4, -0.2) is 50.4 Å². The van der Waals surface area contributed by atoms with E-state index in [0.29, 0.717) is 22.9 Å². The minimum atomic E-state index is -4.34. The van der Waals surface area contributed by atoms with Crippen molar-refractivity contribution in [2.24, 2.45) is 0 Å². The molecule has 1 saturated carbocycles. The Morgan fingerprint density at radius 3 is 2.16 bits per heavy atom. The van der Waals surface area contributed by atoms with E-state index >= 15 is 0 Å². The predicted octanol–water partition coefficient (Wildman–Crippen LogP) is 7.16. The molecule has 1 atom stereocenters. The van der Waals surface area contributed by atoms with Crippen LogP contribution >= 0.6 is 11.6 Å². The Labute approximate surface area is 292 Å². The van der Waals surface area contributed by atoms with E-state index in [1.165, 1.54) is 29.2 Å². The molecule has 2 amide bonds. The van der Waals surface area contributed by atoms with E-state index in [4.69, 9.17) is 16.3 Å². The molecule has 8 nitrogen and oxygen atoms in total. The zero-order chi connectivity index (χ0) is 34.8. The standard InChI is InChI=1S/C38H41ClFN3O5S/c1-2-48-34-21-23-35(24-22-34)49(46,47)43(33-19-17-31(40)18-20-33)27-37(44)42(26-29-13-15-30(39)16-14-29)36(25-28-9-5-3-6-10-28)38(45)41-32-11-7-4-8-12-32/h3,5-6,9-10,13-24,32,36H,2,4,7-8,11-12,25-27H2,1H3,(H,41,45)/t36-/m1/s1. The fourth-order valence-corrected chi connectivity index (χ4v) is 7.56. The van der Waals surface area contributed by atoms with Crippen molar-refractivity contribution in [3.63, 3.8) is 0 Å². The van der Waals surface area contributed by atoms with Gasteiger partial charge in [0.05, 0.1) is 17.2 Å². The number of rotatable bonds is 14. The maximum Gasteiger partial charge on any atom is 0.264 e. The first kappa shape index (κ1) is 35.9. The van der Waals surface area contributed by atoms with E-state index in [0.717, 1.165) is 54.1 Å². The molecule has 5 rings (SSSR count). The van der Waals surface area contributed by atoms with E-state index < -0.39 is 34.3 Å². The van der Waals surface area contributed by atoms with Crippen molar-refractivity contribution in [3.05, 3.63) is 125 Å². The molecule has 0 bridgehead atoms. The highest BCUT2D eigenvalue weighted by Crippen LogP contribution is 2.27. The molecule has 258 valence electrons. The van der Waals surface area contributed by atoms with Gasteiger partial charge >= 0.3 is 0 Å². The van der Waals surface area contributed by atoms with Crippen LogP contribution in [0.1, 0.15) is 50.2 Å². The van der Waals surface area contributed by atoms with Crippen LogP contribution in [0.25, 0.3) is 0 Å². The highest BCUT2D eigenvalue weighted by atomic mass is 35.5. The highest BCUT2D eigenvalue weighted by molar-refractivity contribution is 7.92. The summed E-state index contributed by atoms with van der Waals surface area (Å²) in [6, 6.07) is 26.2. The molecule has 0 radical (unpaired) electrons. The van der Waals surface area contributed by atoms with Gasteiger partial charge in [-0.05, 0) is 91.6 Å². The quantitative estimate of drug-likeness (QED) is 0.150. The Hall–Kier alpha value is -4.41.